The van der Waals surface area contributed by atoms with Crippen molar-refractivity contribution < 1.29 is 14.6 Å². The van der Waals surface area contributed by atoms with Crippen LogP contribution in [0.5, 0.6) is 0 Å². The number of aromatic nitrogens is 1. The molecule has 0 spiro atoms. The standard InChI is InChI=1S/C22H25NO3/c1-15-6-8-20(9-7-15)22-23-21(16(2)26-22)12-18-5-3-4-17(10-18)11-19(13-24)14-25/h3-10,19,24-25H,11-14H2,1-2H3. The Kier molecular flexibility index (Phi) is 5.86. The predicted molar refractivity (Wildman–Crippen MR) is 102 cm³/mol. The second kappa shape index (κ2) is 8.30. The summed E-state index contributed by atoms with van der Waals surface area (Å²) in [7, 11) is 0. The van der Waals surface area contributed by atoms with Gasteiger partial charge >= 0.3 is 0 Å². The summed E-state index contributed by atoms with van der Waals surface area (Å²) < 4.78 is 5.87. The molecule has 0 amide bonds. The van der Waals surface area contributed by atoms with E-state index in [1.54, 1.807) is 0 Å². The lowest BCUT2D eigenvalue weighted by Gasteiger charge is -2.11. The Balaban J connectivity index is 1.78. The minimum absolute atomic E-state index is 0.0109. The Morgan fingerprint density at radius 2 is 1.65 bits per heavy atom. The van der Waals surface area contributed by atoms with Crippen molar-refractivity contribution in [2.24, 2.45) is 5.92 Å². The molecular formula is C22H25NO3. The fraction of sp³-hybridized carbons (Fsp3) is 0.318. The van der Waals surface area contributed by atoms with E-state index in [9.17, 15) is 10.2 Å². The third-order valence-electron chi connectivity index (χ3n) is 4.59. The SMILES string of the molecule is Cc1ccc(-c2nc(Cc3cccc(CC(CO)CO)c3)c(C)o2)cc1. The zero-order chi connectivity index (χ0) is 18.5. The lowest BCUT2D eigenvalue weighted by Crippen LogP contribution is -2.14. The maximum atomic E-state index is 9.27. The van der Waals surface area contributed by atoms with Gasteiger partial charge in [0.05, 0.1) is 5.69 Å². The summed E-state index contributed by atoms with van der Waals surface area (Å²) in [6.07, 6.45) is 1.35. The van der Waals surface area contributed by atoms with Gasteiger partial charge in [0.15, 0.2) is 0 Å². The zero-order valence-corrected chi connectivity index (χ0v) is 15.3. The van der Waals surface area contributed by atoms with Gasteiger partial charge in [0, 0.05) is 31.1 Å². The third kappa shape index (κ3) is 4.40. The topological polar surface area (TPSA) is 66.5 Å². The molecule has 26 heavy (non-hydrogen) atoms. The molecule has 4 nitrogen and oxygen atoms in total. The minimum Gasteiger partial charge on any atom is -0.441 e. The first-order chi connectivity index (χ1) is 12.6. The van der Waals surface area contributed by atoms with Crippen molar-refractivity contribution in [2.75, 3.05) is 13.2 Å². The Bertz CT molecular complexity index is 848. The van der Waals surface area contributed by atoms with Gasteiger partial charge in [-0.3, -0.25) is 0 Å². The van der Waals surface area contributed by atoms with E-state index < -0.39 is 0 Å². The maximum absolute atomic E-state index is 9.27. The van der Waals surface area contributed by atoms with Gasteiger partial charge in [-0.15, -0.1) is 0 Å². The molecule has 2 aromatic carbocycles. The van der Waals surface area contributed by atoms with Gasteiger partial charge in [-0.2, -0.15) is 0 Å². The third-order valence-corrected chi connectivity index (χ3v) is 4.59. The van der Waals surface area contributed by atoms with E-state index in [4.69, 9.17) is 4.42 Å². The van der Waals surface area contributed by atoms with E-state index in [2.05, 4.69) is 36.2 Å². The van der Waals surface area contributed by atoms with Gasteiger partial charge in [0.25, 0.3) is 0 Å². The number of nitrogens with zero attached hydrogens (tertiary/aromatic N) is 1. The predicted octanol–water partition coefficient (Wildman–Crippen LogP) is 3.69. The molecule has 0 unspecified atom stereocenters. The van der Waals surface area contributed by atoms with Crippen LogP contribution in [0.3, 0.4) is 0 Å². The lowest BCUT2D eigenvalue weighted by molar-refractivity contribution is 0.150. The second-order valence-electron chi connectivity index (χ2n) is 6.82. The first-order valence-electron chi connectivity index (χ1n) is 8.92. The monoisotopic (exact) mass is 351 g/mol. The molecule has 0 radical (unpaired) electrons. The highest BCUT2D eigenvalue weighted by atomic mass is 16.4. The summed E-state index contributed by atoms with van der Waals surface area (Å²) in [4.78, 5) is 4.68. The molecule has 0 fully saturated rings. The fourth-order valence-electron chi connectivity index (χ4n) is 2.99. The first kappa shape index (κ1) is 18.4. The Hall–Kier alpha value is -2.43. The van der Waals surface area contributed by atoms with Gasteiger partial charge in [-0.1, -0.05) is 42.0 Å². The Labute approximate surface area is 154 Å². The number of aliphatic hydroxyl groups excluding tert-OH is 2. The minimum atomic E-state index is -0.118. The molecule has 0 aliphatic heterocycles. The van der Waals surface area contributed by atoms with Crippen molar-refractivity contribution in [3.8, 4) is 11.5 Å². The van der Waals surface area contributed by atoms with Crippen LogP contribution in [-0.2, 0) is 12.8 Å². The van der Waals surface area contributed by atoms with Crippen LogP contribution in [0.25, 0.3) is 11.5 Å². The molecular weight excluding hydrogens is 326 g/mol. The van der Waals surface area contributed by atoms with Gasteiger partial charge in [-0.25, -0.2) is 4.98 Å². The average molecular weight is 351 g/mol. The van der Waals surface area contributed by atoms with E-state index in [0.717, 1.165) is 28.1 Å². The van der Waals surface area contributed by atoms with Crippen LogP contribution in [-0.4, -0.2) is 28.4 Å². The van der Waals surface area contributed by atoms with Crippen LogP contribution < -0.4 is 0 Å². The molecule has 4 heteroatoms. The summed E-state index contributed by atoms with van der Waals surface area (Å²) in [5.41, 5.74) is 5.36. The molecule has 0 aliphatic carbocycles. The number of hydrogen-bond donors (Lipinski definition) is 2. The molecule has 1 aromatic heterocycles. The lowest BCUT2D eigenvalue weighted by atomic mass is 9.98. The largest absolute Gasteiger partial charge is 0.441 e. The molecule has 136 valence electrons. The van der Waals surface area contributed by atoms with E-state index >= 15 is 0 Å². The molecule has 3 rings (SSSR count). The molecule has 0 saturated carbocycles. The highest BCUT2D eigenvalue weighted by Gasteiger charge is 2.13. The van der Waals surface area contributed by atoms with Crippen molar-refractivity contribution in [2.45, 2.75) is 26.7 Å². The number of aryl methyl sites for hydroxylation is 2. The van der Waals surface area contributed by atoms with Crippen LogP contribution in [0.15, 0.2) is 52.9 Å². The van der Waals surface area contributed by atoms with E-state index in [1.165, 1.54) is 5.56 Å². The normalized spacial score (nSPS) is 11.3. The summed E-state index contributed by atoms with van der Waals surface area (Å²) in [5.74, 6) is 1.36. The number of hydrogen-bond acceptors (Lipinski definition) is 4. The van der Waals surface area contributed by atoms with Crippen molar-refractivity contribution in [1.29, 1.82) is 0 Å². The number of benzene rings is 2. The average Bonchev–Trinajstić information content (AvgIpc) is 3.01. The van der Waals surface area contributed by atoms with Crippen LogP contribution >= 0.6 is 0 Å². The van der Waals surface area contributed by atoms with Crippen molar-refractivity contribution in [3.63, 3.8) is 0 Å². The van der Waals surface area contributed by atoms with Crippen LogP contribution in [0, 0.1) is 19.8 Å². The van der Waals surface area contributed by atoms with Crippen LogP contribution in [0.2, 0.25) is 0 Å². The Morgan fingerprint density at radius 3 is 2.35 bits per heavy atom. The number of oxazole rings is 1. The zero-order valence-electron chi connectivity index (χ0n) is 15.3. The van der Waals surface area contributed by atoms with E-state index in [0.29, 0.717) is 18.7 Å². The quantitative estimate of drug-likeness (QED) is 0.681. The van der Waals surface area contributed by atoms with Crippen molar-refractivity contribution in [3.05, 3.63) is 76.7 Å². The molecule has 0 atom stereocenters. The number of rotatable bonds is 7. The summed E-state index contributed by atoms with van der Waals surface area (Å²) in [6, 6.07) is 16.4. The van der Waals surface area contributed by atoms with Crippen molar-refractivity contribution in [1.82, 2.24) is 4.98 Å². The van der Waals surface area contributed by atoms with Crippen LogP contribution in [0.1, 0.15) is 28.1 Å². The summed E-state index contributed by atoms with van der Waals surface area (Å²) >= 11 is 0. The molecule has 1 heterocycles. The van der Waals surface area contributed by atoms with E-state index in [-0.39, 0.29) is 19.1 Å². The van der Waals surface area contributed by atoms with Crippen LogP contribution in [0.4, 0.5) is 0 Å². The van der Waals surface area contributed by atoms with Gasteiger partial charge in [0.2, 0.25) is 5.89 Å². The molecule has 3 aromatic rings. The first-order valence-corrected chi connectivity index (χ1v) is 8.92. The smallest absolute Gasteiger partial charge is 0.226 e. The number of aliphatic hydroxyl groups is 2. The van der Waals surface area contributed by atoms with E-state index in [1.807, 2.05) is 31.2 Å². The Morgan fingerprint density at radius 1 is 0.962 bits per heavy atom. The highest BCUT2D eigenvalue weighted by molar-refractivity contribution is 5.54. The van der Waals surface area contributed by atoms with Gasteiger partial charge in [-0.05, 0) is 43.5 Å². The maximum Gasteiger partial charge on any atom is 0.226 e. The van der Waals surface area contributed by atoms with Gasteiger partial charge < -0.3 is 14.6 Å². The highest BCUT2D eigenvalue weighted by Crippen LogP contribution is 2.24. The summed E-state index contributed by atoms with van der Waals surface area (Å²) in [6.45, 7) is 3.98. The van der Waals surface area contributed by atoms with Gasteiger partial charge in [0.1, 0.15) is 5.76 Å². The molecule has 2 N–H and O–H groups in total. The second-order valence-corrected chi connectivity index (χ2v) is 6.82. The fourth-order valence-corrected chi connectivity index (χ4v) is 2.99. The summed E-state index contributed by atoms with van der Waals surface area (Å²) in [5, 5.41) is 18.5. The molecule has 0 bridgehead atoms. The van der Waals surface area contributed by atoms with Crippen molar-refractivity contribution >= 4 is 0 Å². The molecule has 0 aliphatic rings. The molecule has 0 saturated heterocycles.